The van der Waals surface area contributed by atoms with E-state index in [4.69, 9.17) is 0 Å². The Morgan fingerprint density at radius 3 is 2.29 bits per heavy atom. The molecule has 0 spiro atoms. The molecule has 1 atom stereocenters. The molecule has 2 aromatic rings. The second-order valence-electron chi connectivity index (χ2n) is 5.12. The average molecular weight is 276 g/mol. The van der Waals surface area contributed by atoms with Crippen molar-refractivity contribution in [3.63, 3.8) is 0 Å². The first-order valence-electron chi connectivity index (χ1n) is 6.76. The molecule has 2 aliphatic heterocycles. The highest BCUT2D eigenvalue weighted by Crippen LogP contribution is 2.31. The summed E-state index contributed by atoms with van der Waals surface area (Å²) < 4.78 is 0. The molecule has 4 rings (SSSR count). The lowest BCUT2D eigenvalue weighted by atomic mass is 10.0. The van der Waals surface area contributed by atoms with Crippen LogP contribution in [0.15, 0.2) is 54.6 Å². The highest BCUT2D eigenvalue weighted by molar-refractivity contribution is 6.09. The van der Waals surface area contributed by atoms with Gasteiger partial charge in [0.1, 0.15) is 0 Å². The Morgan fingerprint density at radius 1 is 0.810 bits per heavy atom. The maximum Gasteiger partial charge on any atom is 0.256 e. The van der Waals surface area contributed by atoms with Gasteiger partial charge < -0.3 is 10.6 Å². The van der Waals surface area contributed by atoms with E-state index in [2.05, 4.69) is 10.6 Å². The van der Waals surface area contributed by atoms with E-state index in [0.29, 0.717) is 11.1 Å². The minimum Gasteiger partial charge on any atom is -0.342 e. The Hall–Kier alpha value is -2.88. The Balaban J connectivity index is 1.78. The molecule has 2 amide bonds. The number of carbonyl (C=O) groups is 2. The Bertz CT molecular complexity index is 808. The summed E-state index contributed by atoms with van der Waals surface area (Å²) in [5.74, 6) is -0.181. The normalized spacial score (nSPS) is 21.0. The highest BCUT2D eigenvalue weighted by atomic mass is 16.2. The number of rotatable bonds is 1. The van der Waals surface area contributed by atoms with Crippen molar-refractivity contribution in [2.45, 2.75) is 6.04 Å². The minimum absolute atomic E-state index is 0.0786. The molecular weight excluding hydrogens is 264 g/mol. The van der Waals surface area contributed by atoms with E-state index in [1.807, 2.05) is 48.5 Å². The fourth-order valence-corrected chi connectivity index (χ4v) is 2.87. The number of amides is 2. The van der Waals surface area contributed by atoms with Gasteiger partial charge in [-0.15, -0.1) is 0 Å². The van der Waals surface area contributed by atoms with Gasteiger partial charge in [0.25, 0.3) is 11.8 Å². The number of hydrogen-bond donors (Lipinski definition) is 2. The molecular formula is C17H12N2O2. The fourth-order valence-electron chi connectivity index (χ4n) is 2.87. The van der Waals surface area contributed by atoms with Crippen molar-refractivity contribution >= 4 is 17.5 Å². The van der Waals surface area contributed by atoms with Crippen molar-refractivity contribution < 1.29 is 9.59 Å². The SMILES string of the molecule is O=C1NC(=CC2NC(=O)c3ccccc32)c2ccccc21. The topological polar surface area (TPSA) is 58.2 Å². The molecule has 102 valence electrons. The summed E-state index contributed by atoms with van der Waals surface area (Å²) in [4.78, 5) is 23.9. The van der Waals surface area contributed by atoms with Crippen molar-refractivity contribution in [3.8, 4) is 0 Å². The standard InChI is InChI=1S/C17H12N2O2/c20-16-12-7-3-1-5-10(12)14(18-16)9-15-11-6-2-4-8-13(11)17(21)19-15/h1-9,14H,(H,18,20)(H,19,21). The fraction of sp³-hybridized carbons (Fsp3) is 0.0588. The van der Waals surface area contributed by atoms with Gasteiger partial charge in [0.2, 0.25) is 0 Å². The lowest BCUT2D eigenvalue weighted by Crippen LogP contribution is -2.19. The smallest absolute Gasteiger partial charge is 0.256 e. The molecule has 2 aromatic carbocycles. The molecule has 0 aromatic heterocycles. The summed E-state index contributed by atoms with van der Waals surface area (Å²) in [7, 11) is 0. The molecule has 2 heterocycles. The van der Waals surface area contributed by atoms with Gasteiger partial charge >= 0.3 is 0 Å². The van der Waals surface area contributed by atoms with Gasteiger partial charge in [-0.1, -0.05) is 36.4 Å². The Morgan fingerprint density at radius 2 is 1.48 bits per heavy atom. The third-order valence-corrected chi connectivity index (χ3v) is 3.87. The van der Waals surface area contributed by atoms with Crippen molar-refractivity contribution in [3.05, 3.63) is 76.9 Å². The first-order valence-corrected chi connectivity index (χ1v) is 6.76. The van der Waals surface area contributed by atoms with Crippen molar-refractivity contribution in [1.29, 1.82) is 0 Å². The molecule has 4 heteroatoms. The lowest BCUT2D eigenvalue weighted by Gasteiger charge is -2.08. The zero-order chi connectivity index (χ0) is 14.4. The van der Waals surface area contributed by atoms with E-state index in [0.717, 1.165) is 16.8 Å². The molecule has 4 nitrogen and oxygen atoms in total. The summed E-state index contributed by atoms with van der Waals surface area (Å²) in [5.41, 5.74) is 3.92. The van der Waals surface area contributed by atoms with E-state index in [1.54, 1.807) is 6.07 Å². The zero-order valence-electron chi connectivity index (χ0n) is 11.1. The van der Waals surface area contributed by atoms with Gasteiger partial charge in [-0.3, -0.25) is 9.59 Å². The Kier molecular flexibility index (Phi) is 2.44. The van der Waals surface area contributed by atoms with Crippen LogP contribution in [0.25, 0.3) is 5.70 Å². The molecule has 21 heavy (non-hydrogen) atoms. The largest absolute Gasteiger partial charge is 0.342 e. The van der Waals surface area contributed by atoms with E-state index >= 15 is 0 Å². The van der Waals surface area contributed by atoms with Crippen LogP contribution >= 0.6 is 0 Å². The number of carbonyl (C=O) groups excluding carboxylic acids is 2. The van der Waals surface area contributed by atoms with E-state index < -0.39 is 0 Å². The third kappa shape index (κ3) is 1.76. The van der Waals surface area contributed by atoms with Crippen LogP contribution in [-0.2, 0) is 0 Å². The van der Waals surface area contributed by atoms with Gasteiger partial charge in [-0.25, -0.2) is 0 Å². The first kappa shape index (κ1) is 11.9. The second kappa shape index (κ2) is 4.31. The molecule has 0 radical (unpaired) electrons. The zero-order valence-corrected chi connectivity index (χ0v) is 11.1. The minimum atomic E-state index is -0.213. The maximum atomic E-state index is 11.9. The molecule has 0 fully saturated rings. The molecule has 2 N–H and O–H groups in total. The average Bonchev–Trinajstić information content (AvgIpc) is 3.00. The first-order chi connectivity index (χ1) is 10.2. The van der Waals surface area contributed by atoms with E-state index in [9.17, 15) is 9.59 Å². The van der Waals surface area contributed by atoms with Crippen LogP contribution in [0.5, 0.6) is 0 Å². The number of benzene rings is 2. The van der Waals surface area contributed by atoms with Gasteiger partial charge in [0.15, 0.2) is 0 Å². The van der Waals surface area contributed by atoms with Crippen LogP contribution in [0.3, 0.4) is 0 Å². The van der Waals surface area contributed by atoms with E-state index in [-0.39, 0.29) is 17.9 Å². The van der Waals surface area contributed by atoms with Crippen molar-refractivity contribution in [2.75, 3.05) is 0 Å². The third-order valence-electron chi connectivity index (χ3n) is 3.87. The predicted molar refractivity (Wildman–Crippen MR) is 78.5 cm³/mol. The number of fused-ring (bicyclic) bond motifs is 2. The highest BCUT2D eigenvalue weighted by Gasteiger charge is 2.29. The van der Waals surface area contributed by atoms with Crippen LogP contribution in [0.4, 0.5) is 0 Å². The molecule has 0 saturated carbocycles. The monoisotopic (exact) mass is 276 g/mol. The molecule has 0 saturated heterocycles. The summed E-state index contributed by atoms with van der Waals surface area (Å²) in [6.07, 6.45) is 1.90. The molecule has 1 unspecified atom stereocenters. The van der Waals surface area contributed by atoms with E-state index in [1.165, 1.54) is 0 Å². The summed E-state index contributed by atoms with van der Waals surface area (Å²) in [5, 5.41) is 5.79. The van der Waals surface area contributed by atoms with Gasteiger partial charge in [0.05, 0.1) is 6.04 Å². The second-order valence-corrected chi connectivity index (χ2v) is 5.12. The van der Waals surface area contributed by atoms with Crippen molar-refractivity contribution in [2.24, 2.45) is 0 Å². The molecule has 0 aliphatic carbocycles. The summed E-state index contributed by atoms with van der Waals surface area (Å²) >= 11 is 0. The van der Waals surface area contributed by atoms with Gasteiger partial charge in [-0.2, -0.15) is 0 Å². The van der Waals surface area contributed by atoms with Crippen LogP contribution < -0.4 is 10.6 Å². The summed E-state index contributed by atoms with van der Waals surface area (Å²) in [6, 6.07) is 14.7. The molecule has 2 aliphatic rings. The van der Waals surface area contributed by atoms with Crippen molar-refractivity contribution in [1.82, 2.24) is 10.6 Å². The van der Waals surface area contributed by atoms with Gasteiger partial charge in [0, 0.05) is 22.4 Å². The predicted octanol–water partition coefficient (Wildman–Crippen LogP) is 2.26. The van der Waals surface area contributed by atoms with Crippen LogP contribution in [-0.4, -0.2) is 11.8 Å². The lowest BCUT2D eigenvalue weighted by molar-refractivity contribution is 0.0959. The molecule has 0 bridgehead atoms. The van der Waals surface area contributed by atoms with Crippen LogP contribution in [0.2, 0.25) is 0 Å². The maximum absolute atomic E-state index is 11.9. The number of nitrogens with one attached hydrogen (secondary N) is 2. The van der Waals surface area contributed by atoms with Gasteiger partial charge in [-0.05, 0) is 23.8 Å². The summed E-state index contributed by atoms with van der Waals surface area (Å²) in [6.45, 7) is 0. The quantitative estimate of drug-likeness (QED) is 0.839. The van der Waals surface area contributed by atoms with Crippen LogP contribution in [0.1, 0.15) is 37.9 Å². The van der Waals surface area contributed by atoms with Crippen LogP contribution in [0, 0.1) is 0 Å². The Labute approximate surface area is 121 Å². The number of hydrogen-bond acceptors (Lipinski definition) is 2.